The Bertz CT molecular complexity index is 2650. The number of fused-ring (bicyclic) bond motifs is 5. The number of amides is 4. The summed E-state index contributed by atoms with van der Waals surface area (Å²) in [6.07, 6.45) is 3.79. The summed E-state index contributed by atoms with van der Waals surface area (Å²) in [5, 5.41) is 9.35. The van der Waals surface area contributed by atoms with Crippen LogP contribution in [0, 0.1) is 5.92 Å². The van der Waals surface area contributed by atoms with Gasteiger partial charge in [-0.05, 0) is 101 Å². The molecule has 0 bridgehead atoms. The number of alkyl carbamates (subject to hydrolysis) is 1. The number of sulfonamides is 1. The Morgan fingerprint density at radius 3 is 2.43 bits per heavy atom. The number of halogens is 3. The molecule has 4 amide bonds. The molecule has 0 unspecified atom stereocenters. The summed E-state index contributed by atoms with van der Waals surface area (Å²) in [6, 6.07) is 9.63. The summed E-state index contributed by atoms with van der Waals surface area (Å²) < 4.78 is 89.9. The van der Waals surface area contributed by atoms with Gasteiger partial charge in [0.25, 0.3) is 5.91 Å². The number of alkyl halides is 3. The number of aromatic nitrogens is 3. The van der Waals surface area contributed by atoms with E-state index in [4.69, 9.17) is 19.2 Å². The van der Waals surface area contributed by atoms with Crippen molar-refractivity contribution in [1.29, 1.82) is 0 Å². The number of hydrogen-bond donors (Lipinski definition) is 3. The molecular formula is C45H50F3N7O9S. The highest BCUT2D eigenvalue weighted by Gasteiger charge is 2.62. The Morgan fingerprint density at radius 1 is 0.954 bits per heavy atom. The summed E-state index contributed by atoms with van der Waals surface area (Å²) in [7, 11) is -2.48. The molecule has 2 aliphatic heterocycles. The third-order valence-corrected chi connectivity index (χ3v) is 14.9. The van der Waals surface area contributed by atoms with Gasteiger partial charge >= 0.3 is 12.3 Å². The number of carbonyl (C=O) groups is 4. The average molecular weight is 922 g/mol. The van der Waals surface area contributed by atoms with Crippen LogP contribution in [0.25, 0.3) is 27.8 Å². The first-order chi connectivity index (χ1) is 31.1. The fourth-order valence-corrected chi connectivity index (χ4v) is 10.6. The van der Waals surface area contributed by atoms with Crippen molar-refractivity contribution in [3.63, 3.8) is 0 Å². The highest BCUT2D eigenvalue weighted by atomic mass is 32.2. The molecule has 346 valence electrons. The van der Waals surface area contributed by atoms with Crippen LogP contribution in [0.15, 0.2) is 60.7 Å². The van der Waals surface area contributed by atoms with Gasteiger partial charge in [0.05, 0.1) is 30.2 Å². The number of benzene rings is 2. The van der Waals surface area contributed by atoms with E-state index < -0.39 is 80.5 Å². The van der Waals surface area contributed by atoms with Crippen LogP contribution in [0.1, 0.15) is 89.0 Å². The van der Waals surface area contributed by atoms with E-state index in [0.29, 0.717) is 62.0 Å². The van der Waals surface area contributed by atoms with E-state index in [1.807, 2.05) is 12.2 Å². The summed E-state index contributed by atoms with van der Waals surface area (Å²) in [5.41, 5.74) is -2.01. The molecule has 3 aliphatic carbocycles. The van der Waals surface area contributed by atoms with Crippen LogP contribution < -0.4 is 24.8 Å². The minimum absolute atomic E-state index is 0.0333. The Kier molecular flexibility index (Phi) is 11.9. The van der Waals surface area contributed by atoms with Crippen LogP contribution in [0.4, 0.5) is 18.0 Å². The van der Waals surface area contributed by atoms with Gasteiger partial charge in [-0.15, -0.1) is 0 Å². The van der Waals surface area contributed by atoms with E-state index in [1.54, 1.807) is 24.3 Å². The second-order valence-electron chi connectivity index (χ2n) is 17.6. The third kappa shape index (κ3) is 9.18. The molecule has 0 spiro atoms. The van der Waals surface area contributed by atoms with E-state index in [1.165, 1.54) is 30.2 Å². The first-order valence-corrected chi connectivity index (χ1v) is 23.7. The van der Waals surface area contributed by atoms with Crippen molar-refractivity contribution in [1.82, 2.24) is 34.9 Å². The monoisotopic (exact) mass is 921 g/mol. The normalized spacial score (nSPS) is 26.1. The number of allylic oxidation sites excluding steroid dienone is 1. The van der Waals surface area contributed by atoms with Gasteiger partial charge in [-0.1, -0.05) is 31.1 Å². The van der Waals surface area contributed by atoms with Crippen LogP contribution in [0.5, 0.6) is 11.6 Å². The van der Waals surface area contributed by atoms with E-state index in [-0.39, 0.29) is 54.3 Å². The van der Waals surface area contributed by atoms with Crippen molar-refractivity contribution in [3.8, 4) is 22.9 Å². The molecule has 65 heavy (non-hydrogen) atoms. The van der Waals surface area contributed by atoms with Gasteiger partial charge in [-0.25, -0.2) is 18.2 Å². The van der Waals surface area contributed by atoms with Gasteiger partial charge in [0.2, 0.25) is 27.7 Å². The molecule has 4 heterocycles. The number of carbonyl (C=O) groups excluding carboxylic acids is 4. The van der Waals surface area contributed by atoms with E-state index in [2.05, 4.69) is 20.5 Å². The average Bonchev–Trinajstić information content (AvgIpc) is 4.08. The van der Waals surface area contributed by atoms with Crippen molar-refractivity contribution >= 4 is 50.4 Å². The fraction of sp³-hybridized carbons (Fsp3) is 0.511. The van der Waals surface area contributed by atoms with Crippen molar-refractivity contribution in [3.05, 3.63) is 66.2 Å². The second kappa shape index (κ2) is 17.5. The van der Waals surface area contributed by atoms with Gasteiger partial charge in [-0.3, -0.25) is 19.1 Å². The third-order valence-electron chi connectivity index (χ3n) is 13.1. The first kappa shape index (κ1) is 44.3. The fourth-order valence-electron chi connectivity index (χ4n) is 9.25. The largest absolute Gasteiger partial charge is 0.497 e. The minimum Gasteiger partial charge on any atom is -0.497 e. The SMILES string of the molecule is COc1ccc(-c2cc(O[C@@H]3C[C@H]4C(=O)N[C@]5(C(=O)NS(=O)(=O)C6CC6)C[C@H]5/C=C\CCCCC[C@H](NC(=O)OC5CCCC5)C(=O)N4C3)n3nc4c(C(F)(F)F)cccc4c3n2)cc1. The molecular weight excluding hydrogens is 872 g/mol. The molecule has 4 fully saturated rings. The zero-order valence-electron chi connectivity index (χ0n) is 35.6. The molecule has 3 saturated carbocycles. The maximum Gasteiger partial charge on any atom is 0.418 e. The highest BCUT2D eigenvalue weighted by Crippen LogP contribution is 2.46. The molecule has 2 aromatic heterocycles. The smallest absolute Gasteiger partial charge is 0.418 e. The topological polar surface area (TPSA) is 200 Å². The zero-order valence-corrected chi connectivity index (χ0v) is 36.5. The predicted molar refractivity (Wildman–Crippen MR) is 229 cm³/mol. The summed E-state index contributed by atoms with van der Waals surface area (Å²) in [6.45, 7) is -0.221. The summed E-state index contributed by atoms with van der Waals surface area (Å²) in [4.78, 5) is 62.7. The molecule has 4 aromatic rings. The van der Waals surface area contributed by atoms with Gasteiger partial charge in [0.15, 0.2) is 5.65 Å². The molecule has 1 saturated heterocycles. The number of ether oxygens (including phenoxy) is 3. The molecule has 5 atom stereocenters. The Balaban J connectivity index is 1.08. The van der Waals surface area contributed by atoms with E-state index in [9.17, 15) is 40.8 Å². The first-order valence-electron chi connectivity index (χ1n) is 22.2. The molecule has 0 radical (unpaired) electrons. The highest BCUT2D eigenvalue weighted by molar-refractivity contribution is 7.91. The zero-order chi connectivity index (χ0) is 45.7. The van der Waals surface area contributed by atoms with Gasteiger partial charge in [-0.2, -0.15) is 22.8 Å². The van der Waals surface area contributed by atoms with Crippen molar-refractivity contribution < 1.29 is 55.0 Å². The Labute approximate surface area is 372 Å². The van der Waals surface area contributed by atoms with Gasteiger partial charge in [0.1, 0.15) is 41.1 Å². The lowest BCUT2D eigenvalue weighted by atomic mass is 10.0. The second-order valence-corrected chi connectivity index (χ2v) is 19.6. The van der Waals surface area contributed by atoms with E-state index >= 15 is 0 Å². The number of methoxy groups -OCH3 is 1. The van der Waals surface area contributed by atoms with Crippen molar-refractivity contribution in [2.75, 3.05) is 13.7 Å². The van der Waals surface area contributed by atoms with E-state index in [0.717, 1.165) is 29.8 Å². The molecule has 9 rings (SSSR count). The standard InChI is InChI=1S/C45H50F3N7O9S/c1-62-28-18-16-26(17-19-28)35-23-37(55-39(49-35)32-13-9-14-33(38(32)52-55)45(46,47)48)63-30-22-36-40(56)51-44(42(58)53-65(60,61)31-20-21-31)24-27(44)10-5-3-2-4-6-15-34(41(57)54(36)25-30)50-43(59)64-29-11-7-8-12-29/h5,9-10,13-14,16-19,23,27,29-31,34,36H,2-4,6-8,11-12,15,20-22,24-25H2,1H3,(H,50,59)(H,51,56)(H,53,58)/b10-5-/t27-,30-,34+,36+,44-/m1/s1. The van der Waals surface area contributed by atoms with Gasteiger partial charge < -0.3 is 29.7 Å². The molecule has 5 aliphatic rings. The quantitative estimate of drug-likeness (QED) is 0.167. The Morgan fingerprint density at radius 2 is 1.71 bits per heavy atom. The summed E-state index contributed by atoms with van der Waals surface area (Å²) >= 11 is 0. The molecule has 16 nitrogen and oxygen atoms in total. The van der Waals surface area contributed by atoms with Crippen LogP contribution >= 0.6 is 0 Å². The Hall–Kier alpha value is -5.92. The maximum absolute atomic E-state index is 14.8. The van der Waals surface area contributed by atoms with Gasteiger partial charge in [0, 0.05) is 29.4 Å². The molecule has 2 aromatic carbocycles. The van der Waals surface area contributed by atoms with Crippen molar-refractivity contribution in [2.45, 2.75) is 125 Å². The molecule has 3 N–H and O–H groups in total. The molecule has 20 heteroatoms. The van der Waals surface area contributed by atoms with Crippen molar-refractivity contribution in [2.24, 2.45) is 5.92 Å². The minimum atomic E-state index is -4.75. The summed E-state index contributed by atoms with van der Waals surface area (Å²) in [5.74, 6) is -2.23. The lowest BCUT2D eigenvalue weighted by Crippen LogP contribution is -2.58. The number of nitrogens with one attached hydrogen (secondary N) is 3. The number of nitrogens with zero attached hydrogens (tertiary/aromatic N) is 4. The predicted octanol–water partition coefficient (Wildman–Crippen LogP) is 5.97. The van der Waals surface area contributed by atoms with Crippen LogP contribution in [0.2, 0.25) is 0 Å². The lowest BCUT2D eigenvalue weighted by Gasteiger charge is -2.30. The number of hydrogen-bond acceptors (Lipinski definition) is 11. The van der Waals surface area contributed by atoms with Crippen LogP contribution in [0.3, 0.4) is 0 Å². The number of rotatable bonds is 9. The lowest BCUT2D eigenvalue weighted by molar-refractivity contribution is -0.141. The van der Waals surface area contributed by atoms with Crippen LogP contribution in [-0.4, -0.2) is 100 Å². The van der Waals surface area contributed by atoms with Crippen LogP contribution in [-0.2, 0) is 35.3 Å². The maximum atomic E-state index is 14.8.